The van der Waals surface area contributed by atoms with E-state index in [2.05, 4.69) is 15.9 Å². The summed E-state index contributed by atoms with van der Waals surface area (Å²) in [6.45, 7) is 0. The fraction of sp³-hybridized carbons (Fsp3) is 0.167. The largest absolute Gasteiger partial charge is 0.497 e. The number of hydrogen-bond acceptors (Lipinski definition) is 2. The second-order valence-corrected chi connectivity index (χ2v) is 5.12. The van der Waals surface area contributed by atoms with Gasteiger partial charge in [0.15, 0.2) is 0 Å². The Morgan fingerprint density at radius 2 is 1.94 bits per heavy atom. The van der Waals surface area contributed by atoms with Gasteiger partial charge in [-0.1, -0.05) is 15.9 Å². The molecule has 0 spiro atoms. The molecule has 0 bridgehead atoms. The van der Waals surface area contributed by atoms with Crippen molar-refractivity contribution < 1.29 is 13.5 Å². The van der Waals surface area contributed by atoms with Crippen LogP contribution in [0.15, 0.2) is 29.0 Å². The Kier molecular flexibility index (Phi) is 3.79. The van der Waals surface area contributed by atoms with Crippen molar-refractivity contribution in [3.63, 3.8) is 0 Å². The van der Waals surface area contributed by atoms with Gasteiger partial charge in [-0.15, -0.1) is 0 Å². The Hall–Kier alpha value is -0.940. The van der Waals surface area contributed by atoms with Crippen molar-refractivity contribution in [3.8, 4) is 5.75 Å². The molecule has 90 valence electrons. The summed E-state index contributed by atoms with van der Waals surface area (Å²) in [4.78, 5) is -0.486. The molecule has 0 aliphatic rings. The molecule has 0 aliphatic carbocycles. The third-order valence-corrected chi connectivity index (χ3v) is 4.07. The summed E-state index contributed by atoms with van der Waals surface area (Å²) < 4.78 is 32.4. The van der Waals surface area contributed by atoms with Crippen LogP contribution in [0.4, 0.5) is 8.78 Å². The molecule has 0 aliphatic heterocycles. The van der Waals surface area contributed by atoms with Crippen LogP contribution in [0.5, 0.6) is 5.75 Å². The Balaban J connectivity index is 2.45. The van der Waals surface area contributed by atoms with Gasteiger partial charge in [-0.05, 0) is 22.4 Å². The van der Waals surface area contributed by atoms with Crippen LogP contribution < -0.4 is 4.74 Å². The van der Waals surface area contributed by atoms with Crippen molar-refractivity contribution in [1.82, 2.24) is 0 Å². The van der Waals surface area contributed by atoms with E-state index in [0.717, 1.165) is 5.56 Å². The predicted molar refractivity (Wildman–Crippen MR) is 68.0 cm³/mol. The van der Waals surface area contributed by atoms with Crippen LogP contribution >= 0.6 is 27.3 Å². The fourth-order valence-corrected chi connectivity index (χ4v) is 3.09. The molecule has 5 heteroatoms. The van der Waals surface area contributed by atoms with E-state index in [1.807, 2.05) is 16.8 Å². The second kappa shape index (κ2) is 5.14. The topological polar surface area (TPSA) is 9.23 Å². The molecule has 2 aromatic rings. The normalized spacial score (nSPS) is 12.5. The summed E-state index contributed by atoms with van der Waals surface area (Å²) in [5.41, 5.74) is 0.835. The van der Waals surface area contributed by atoms with Gasteiger partial charge in [0.1, 0.15) is 17.4 Å². The number of alkyl halides is 1. The first-order valence-corrected chi connectivity index (χ1v) is 6.68. The Morgan fingerprint density at radius 1 is 1.29 bits per heavy atom. The molecule has 1 nitrogen and oxygen atoms in total. The van der Waals surface area contributed by atoms with Gasteiger partial charge < -0.3 is 4.74 Å². The van der Waals surface area contributed by atoms with E-state index in [4.69, 9.17) is 4.74 Å². The Bertz CT molecular complexity index is 490. The zero-order valence-corrected chi connectivity index (χ0v) is 11.3. The van der Waals surface area contributed by atoms with Crippen molar-refractivity contribution in [3.05, 3.63) is 51.7 Å². The highest BCUT2D eigenvalue weighted by molar-refractivity contribution is 9.09. The van der Waals surface area contributed by atoms with Gasteiger partial charge in [-0.2, -0.15) is 11.3 Å². The lowest BCUT2D eigenvalue weighted by molar-refractivity contribution is 0.405. The van der Waals surface area contributed by atoms with E-state index >= 15 is 0 Å². The van der Waals surface area contributed by atoms with E-state index in [1.54, 1.807) is 0 Å². The quantitative estimate of drug-likeness (QED) is 0.756. The van der Waals surface area contributed by atoms with Gasteiger partial charge in [-0.3, -0.25) is 0 Å². The lowest BCUT2D eigenvalue weighted by Gasteiger charge is -2.12. The van der Waals surface area contributed by atoms with Crippen LogP contribution in [0.2, 0.25) is 0 Å². The van der Waals surface area contributed by atoms with E-state index < -0.39 is 16.5 Å². The van der Waals surface area contributed by atoms with Crippen LogP contribution in [-0.4, -0.2) is 7.11 Å². The predicted octanol–water partition coefficient (Wildman–Crippen LogP) is 4.52. The number of thiophene rings is 1. The summed E-state index contributed by atoms with van der Waals surface area (Å²) >= 11 is 4.79. The molecule has 2 rings (SSSR count). The molecule has 1 aromatic carbocycles. The van der Waals surface area contributed by atoms with E-state index in [0.29, 0.717) is 0 Å². The van der Waals surface area contributed by atoms with Crippen LogP contribution in [0.1, 0.15) is 16.0 Å². The summed E-state index contributed by atoms with van der Waals surface area (Å²) in [7, 11) is 1.37. The molecule has 1 heterocycles. The maximum atomic E-state index is 13.8. The van der Waals surface area contributed by atoms with Crippen LogP contribution in [0.3, 0.4) is 0 Å². The maximum absolute atomic E-state index is 13.8. The Morgan fingerprint density at radius 3 is 2.41 bits per heavy atom. The molecular formula is C12H9BrF2OS. The molecule has 0 saturated heterocycles. The van der Waals surface area contributed by atoms with Gasteiger partial charge in [0.25, 0.3) is 0 Å². The first-order chi connectivity index (χ1) is 8.13. The molecule has 1 aromatic heterocycles. The first kappa shape index (κ1) is 12.5. The number of ether oxygens (including phenoxy) is 1. The van der Waals surface area contributed by atoms with Crippen molar-refractivity contribution in [2.45, 2.75) is 4.83 Å². The van der Waals surface area contributed by atoms with Crippen molar-refractivity contribution >= 4 is 27.3 Å². The highest BCUT2D eigenvalue weighted by Gasteiger charge is 2.21. The molecule has 17 heavy (non-hydrogen) atoms. The number of benzene rings is 1. The number of methoxy groups -OCH3 is 1. The molecule has 0 fully saturated rings. The first-order valence-electron chi connectivity index (χ1n) is 4.82. The molecule has 1 atom stereocenters. The standard InChI is InChI=1S/C12H9BrF2OS/c1-16-8-4-9(14)11(10(15)5-8)12(13)7-2-3-17-6-7/h2-6,12H,1H3. The number of halogens is 3. The molecule has 1 unspecified atom stereocenters. The lowest BCUT2D eigenvalue weighted by atomic mass is 10.1. The van der Waals surface area contributed by atoms with Gasteiger partial charge in [0.05, 0.1) is 11.9 Å². The highest BCUT2D eigenvalue weighted by atomic mass is 79.9. The van der Waals surface area contributed by atoms with E-state index in [1.165, 1.54) is 30.6 Å². The van der Waals surface area contributed by atoms with Gasteiger partial charge in [-0.25, -0.2) is 8.78 Å². The summed E-state index contributed by atoms with van der Waals surface area (Å²) in [6.07, 6.45) is 0. The fourth-order valence-electron chi connectivity index (χ4n) is 1.51. The average Bonchev–Trinajstić information content (AvgIpc) is 2.81. The monoisotopic (exact) mass is 318 g/mol. The minimum Gasteiger partial charge on any atom is -0.497 e. The molecule has 0 saturated carbocycles. The third-order valence-electron chi connectivity index (χ3n) is 2.38. The summed E-state index contributed by atoms with van der Waals surface area (Å²) in [5.74, 6) is -1.06. The minimum atomic E-state index is -0.616. The van der Waals surface area contributed by atoms with E-state index in [9.17, 15) is 8.78 Å². The number of hydrogen-bond donors (Lipinski definition) is 0. The van der Waals surface area contributed by atoms with Gasteiger partial charge >= 0.3 is 0 Å². The summed E-state index contributed by atoms with van der Waals surface area (Å²) in [5, 5.41) is 3.71. The minimum absolute atomic E-state index is 0.00389. The average molecular weight is 319 g/mol. The maximum Gasteiger partial charge on any atom is 0.134 e. The Labute approximate surface area is 110 Å². The van der Waals surface area contributed by atoms with Crippen LogP contribution in [-0.2, 0) is 0 Å². The molecule has 0 N–H and O–H groups in total. The molecular weight excluding hydrogens is 310 g/mol. The smallest absolute Gasteiger partial charge is 0.134 e. The third kappa shape index (κ3) is 2.50. The molecule has 0 radical (unpaired) electrons. The van der Waals surface area contributed by atoms with Crippen LogP contribution in [0, 0.1) is 11.6 Å². The molecule has 0 amide bonds. The van der Waals surface area contributed by atoms with Crippen molar-refractivity contribution in [2.75, 3.05) is 7.11 Å². The zero-order valence-electron chi connectivity index (χ0n) is 8.91. The van der Waals surface area contributed by atoms with Crippen molar-refractivity contribution in [1.29, 1.82) is 0 Å². The SMILES string of the molecule is COc1cc(F)c(C(Br)c2ccsc2)c(F)c1. The van der Waals surface area contributed by atoms with Gasteiger partial charge in [0.2, 0.25) is 0 Å². The number of rotatable bonds is 3. The van der Waals surface area contributed by atoms with Crippen molar-refractivity contribution in [2.24, 2.45) is 0 Å². The second-order valence-electron chi connectivity index (χ2n) is 3.42. The highest BCUT2D eigenvalue weighted by Crippen LogP contribution is 2.36. The zero-order chi connectivity index (χ0) is 12.4. The van der Waals surface area contributed by atoms with Gasteiger partial charge in [0, 0.05) is 17.7 Å². The lowest BCUT2D eigenvalue weighted by Crippen LogP contribution is -2.00. The van der Waals surface area contributed by atoms with E-state index in [-0.39, 0.29) is 11.3 Å². The summed E-state index contributed by atoms with van der Waals surface area (Å²) in [6, 6.07) is 4.19. The van der Waals surface area contributed by atoms with Crippen LogP contribution in [0.25, 0.3) is 0 Å².